The molecule has 1 heterocycles. The first-order valence-corrected chi connectivity index (χ1v) is 8.64. The molecule has 0 aromatic carbocycles. The molecule has 0 bridgehead atoms. The zero-order chi connectivity index (χ0) is 14.5. The van der Waals surface area contributed by atoms with Gasteiger partial charge in [0.2, 0.25) is 5.91 Å². The standard InChI is InChI=1S/C17H32N2O.ClH/c1-13(2)9-10-16-8-3-4-11-19(16)17(20)14-6-5-7-15(18)12-14;/h13-16H,3-12,18H2,1-2H3;1H. The third-order valence-corrected chi connectivity index (χ3v) is 5.05. The molecule has 1 aliphatic heterocycles. The van der Waals surface area contributed by atoms with E-state index in [9.17, 15) is 4.79 Å². The molecule has 3 nitrogen and oxygen atoms in total. The van der Waals surface area contributed by atoms with Crippen LogP contribution in [-0.2, 0) is 4.79 Å². The molecule has 0 radical (unpaired) electrons. The molecule has 0 aromatic rings. The van der Waals surface area contributed by atoms with E-state index in [1.165, 1.54) is 32.1 Å². The molecule has 1 saturated carbocycles. The summed E-state index contributed by atoms with van der Waals surface area (Å²) in [5.74, 6) is 1.35. The van der Waals surface area contributed by atoms with Crippen LogP contribution in [0.15, 0.2) is 0 Å². The second kappa shape index (κ2) is 8.99. The second-order valence-corrected chi connectivity index (χ2v) is 7.28. The number of piperidine rings is 1. The van der Waals surface area contributed by atoms with E-state index >= 15 is 0 Å². The maximum atomic E-state index is 12.8. The van der Waals surface area contributed by atoms with Gasteiger partial charge in [0.05, 0.1) is 0 Å². The molecule has 3 unspecified atom stereocenters. The van der Waals surface area contributed by atoms with E-state index in [1.807, 2.05) is 0 Å². The van der Waals surface area contributed by atoms with Gasteiger partial charge in [-0.3, -0.25) is 4.79 Å². The van der Waals surface area contributed by atoms with Crippen molar-refractivity contribution in [3.05, 3.63) is 0 Å². The van der Waals surface area contributed by atoms with Crippen molar-refractivity contribution in [3.63, 3.8) is 0 Å². The van der Waals surface area contributed by atoms with E-state index in [1.54, 1.807) is 0 Å². The topological polar surface area (TPSA) is 46.3 Å². The molecule has 2 fully saturated rings. The van der Waals surface area contributed by atoms with E-state index in [0.29, 0.717) is 11.9 Å². The summed E-state index contributed by atoms with van der Waals surface area (Å²) in [6, 6.07) is 0.744. The normalized spacial score (nSPS) is 30.1. The lowest BCUT2D eigenvalue weighted by Gasteiger charge is -2.39. The van der Waals surface area contributed by atoms with Crippen molar-refractivity contribution in [2.24, 2.45) is 17.6 Å². The Morgan fingerprint density at radius 2 is 1.95 bits per heavy atom. The smallest absolute Gasteiger partial charge is 0.225 e. The monoisotopic (exact) mass is 316 g/mol. The second-order valence-electron chi connectivity index (χ2n) is 7.28. The summed E-state index contributed by atoms with van der Waals surface area (Å²) in [5, 5.41) is 0. The highest BCUT2D eigenvalue weighted by Gasteiger charge is 2.33. The van der Waals surface area contributed by atoms with Crippen molar-refractivity contribution in [1.82, 2.24) is 4.90 Å². The summed E-state index contributed by atoms with van der Waals surface area (Å²) in [4.78, 5) is 15.0. The number of carbonyl (C=O) groups is 1. The van der Waals surface area contributed by atoms with Crippen molar-refractivity contribution in [2.45, 2.75) is 83.7 Å². The Morgan fingerprint density at radius 3 is 2.62 bits per heavy atom. The molecule has 1 aliphatic carbocycles. The SMILES string of the molecule is CC(C)CCC1CCCCN1C(=O)C1CCCC(N)C1.Cl. The Labute approximate surface area is 136 Å². The third kappa shape index (κ3) is 5.45. The summed E-state index contributed by atoms with van der Waals surface area (Å²) in [7, 11) is 0. The molecular weight excluding hydrogens is 284 g/mol. The van der Waals surface area contributed by atoms with Gasteiger partial charge in [-0.1, -0.05) is 20.3 Å². The van der Waals surface area contributed by atoms with Crippen LogP contribution in [-0.4, -0.2) is 29.4 Å². The van der Waals surface area contributed by atoms with E-state index < -0.39 is 0 Å². The van der Waals surface area contributed by atoms with Crippen LogP contribution in [0.5, 0.6) is 0 Å². The summed E-state index contributed by atoms with van der Waals surface area (Å²) in [6.45, 7) is 5.53. The van der Waals surface area contributed by atoms with Crippen molar-refractivity contribution in [1.29, 1.82) is 0 Å². The van der Waals surface area contributed by atoms with E-state index in [4.69, 9.17) is 5.73 Å². The van der Waals surface area contributed by atoms with Gasteiger partial charge in [0, 0.05) is 24.5 Å². The maximum Gasteiger partial charge on any atom is 0.225 e. The number of amides is 1. The Bertz CT molecular complexity index is 322. The van der Waals surface area contributed by atoms with Crippen molar-refractivity contribution >= 4 is 18.3 Å². The number of carbonyl (C=O) groups excluding carboxylic acids is 1. The predicted molar refractivity (Wildman–Crippen MR) is 90.6 cm³/mol. The molecule has 2 rings (SSSR count). The fraction of sp³-hybridized carbons (Fsp3) is 0.941. The molecule has 0 aromatic heterocycles. The number of halogens is 1. The van der Waals surface area contributed by atoms with Gasteiger partial charge >= 0.3 is 0 Å². The van der Waals surface area contributed by atoms with Gasteiger partial charge in [-0.15, -0.1) is 12.4 Å². The van der Waals surface area contributed by atoms with Crippen LogP contribution < -0.4 is 5.73 Å². The van der Waals surface area contributed by atoms with Crippen LogP contribution in [0.1, 0.15) is 71.6 Å². The lowest BCUT2D eigenvalue weighted by atomic mass is 9.84. The molecular formula is C17H33ClN2O. The van der Waals surface area contributed by atoms with Gasteiger partial charge in [-0.25, -0.2) is 0 Å². The van der Waals surface area contributed by atoms with Gasteiger partial charge in [0.25, 0.3) is 0 Å². The molecule has 2 N–H and O–H groups in total. The third-order valence-electron chi connectivity index (χ3n) is 5.05. The van der Waals surface area contributed by atoms with Crippen LogP contribution >= 0.6 is 12.4 Å². The summed E-state index contributed by atoms with van der Waals surface area (Å²) < 4.78 is 0. The van der Waals surface area contributed by atoms with Crippen LogP contribution in [0.4, 0.5) is 0 Å². The quantitative estimate of drug-likeness (QED) is 0.858. The fourth-order valence-corrected chi connectivity index (χ4v) is 3.80. The summed E-state index contributed by atoms with van der Waals surface area (Å²) >= 11 is 0. The van der Waals surface area contributed by atoms with Crippen LogP contribution in [0.2, 0.25) is 0 Å². The summed E-state index contributed by atoms with van der Waals surface area (Å²) in [5.41, 5.74) is 6.05. The minimum absolute atomic E-state index is 0. The fourth-order valence-electron chi connectivity index (χ4n) is 3.80. The molecule has 0 spiro atoms. The van der Waals surface area contributed by atoms with Gasteiger partial charge in [0.15, 0.2) is 0 Å². The van der Waals surface area contributed by atoms with Crippen molar-refractivity contribution in [2.75, 3.05) is 6.54 Å². The van der Waals surface area contributed by atoms with E-state index in [2.05, 4.69) is 18.7 Å². The van der Waals surface area contributed by atoms with Crippen molar-refractivity contribution in [3.8, 4) is 0 Å². The first-order valence-electron chi connectivity index (χ1n) is 8.64. The zero-order valence-corrected chi connectivity index (χ0v) is 14.5. The van der Waals surface area contributed by atoms with Crippen LogP contribution in [0, 0.1) is 11.8 Å². The predicted octanol–water partition coefficient (Wildman–Crippen LogP) is 3.74. The molecule has 4 heteroatoms. The molecule has 1 saturated heterocycles. The minimum atomic E-state index is 0. The van der Waals surface area contributed by atoms with Crippen LogP contribution in [0.25, 0.3) is 0 Å². The Balaban J connectivity index is 0.00000220. The first kappa shape index (κ1) is 18.8. The lowest BCUT2D eigenvalue weighted by molar-refractivity contribution is -0.140. The lowest BCUT2D eigenvalue weighted by Crippen LogP contribution is -2.48. The molecule has 2 aliphatic rings. The number of nitrogens with two attached hydrogens (primary N) is 1. The van der Waals surface area contributed by atoms with Gasteiger partial charge in [-0.05, 0) is 57.3 Å². The number of nitrogens with zero attached hydrogens (tertiary/aromatic N) is 1. The van der Waals surface area contributed by atoms with Gasteiger partial charge < -0.3 is 10.6 Å². The molecule has 21 heavy (non-hydrogen) atoms. The molecule has 3 atom stereocenters. The molecule has 1 amide bonds. The highest BCUT2D eigenvalue weighted by Crippen LogP contribution is 2.29. The average Bonchev–Trinajstić information content (AvgIpc) is 2.44. The van der Waals surface area contributed by atoms with E-state index in [0.717, 1.165) is 38.1 Å². The minimum Gasteiger partial charge on any atom is -0.339 e. The van der Waals surface area contributed by atoms with Gasteiger partial charge in [-0.2, -0.15) is 0 Å². The Kier molecular flexibility index (Phi) is 8.04. The highest BCUT2D eigenvalue weighted by atomic mass is 35.5. The number of hydrogen-bond donors (Lipinski definition) is 1. The number of likely N-dealkylation sites (tertiary alicyclic amines) is 1. The largest absolute Gasteiger partial charge is 0.339 e. The number of hydrogen-bond acceptors (Lipinski definition) is 2. The van der Waals surface area contributed by atoms with Crippen molar-refractivity contribution < 1.29 is 4.79 Å². The average molecular weight is 317 g/mol. The summed E-state index contributed by atoms with van der Waals surface area (Å²) in [6.07, 6.45) is 10.3. The zero-order valence-electron chi connectivity index (χ0n) is 13.7. The Hall–Kier alpha value is -0.280. The van der Waals surface area contributed by atoms with Gasteiger partial charge in [0.1, 0.15) is 0 Å². The number of rotatable bonds is 4. The Morgan fingerprint density at radius 1 is 1.19 bits per heavy atom. The highest BCUT2D eigenvalue weighted by molar-refractivity contribution is 5.85. The first-order chi connectivity index (χ1) is 9.58. The van der Waals surface area contributed by atoms with E-state index in [-0.39, 0.29) is 24.4 Å². The van der Waals surface area contributed by atoms with Crippen LogP contribution in [0.3, 0.4) is 0 Å². The molecule has 124 valence electrons. The maximum absolute atomic E-state index is 12.8.